The van der Waals surface area contributed by atoms with Crippen LogP contribution >= 0.6 is 11.3 Å². The summed E-state index contributed by atoms with van der Waals surface area (Å²) < 4.78 is 16.8. The van der Waals surface area contributed by atoms with Gasteiger partial charge in [0.05, 0.1) is 38.6 Å². The minimum atomic E-state index is -0.471. The fraction of sp³-hybridized carbons (Fsp3) is 0.586. The smallest absolute Gasteiger partial charge is 0.348 e. The summed E-state index contributed by atoms with van der Waals surface area (Å²) in [6, 6.07) is 11.3. The average Bonchev–Trinajstić information content (AvgIpc) is 3.56. The molecule has 8 nitrogen and oxygen atoms in total. The summed E-state index contributed by atoms with van der Waals surface area (Å²) in [7, 11) is 0. The number of anilines is 1. The van der Waals surface area contributed by atoms with E-state index >= 15 is 0 Å². The number of carbonyl (C=O) groups excluding carboxylic acids is 2. The molecule has 9 heteroatoms. The lowest BCUT2D eigenvalue weighted by Crippen LogP contribution is -2.38. The van der Waals surface area contributed by atoms with Gasteiger partial charge in [0.2, 0.25) is 5.91 Å². The zero-order valence-electron chi connectivity index (χ0n) is 22.3. The first-order valence-electron chi connectivity index (χ1n) is 13.8. The van der Waals surface area contributed by atoms with E-state index in [-0.39, 0.29) is 17.9 Å². The second-order valence-electron chi connectivity index (χ2n) is 9.93. The largest absolute Gasteiger partial charge is 0.460 e. The number of amides is 1. The Morgan fingerprint density at radius 1 is 1.16 bits per heavy atom. The van der Waals surface area contributed by atoms with Gasteiger partial charge in [-0.25, -0.2) is 4.79 Å². The van der Waals surface area contributed by atoms with Crippen LogP contribution in [0.4, 0.5) is 5.69 Å². The van der Waals surface area contributed by atoms with Crippen molar-refractivity contribution < 1.29 is 28.9 Å². The molecular weight excluding hydrogens is 504 g/mol. The molecule has 1 amide bonds. The van der Waals surface area contributed by atoms with Crippen LogP contribution in [0, 0.1) is 0 Å². The number of benzene rings is 1. The first-order chi connectivity index (χ1) is 18.5. The van der Waals surface area contributed by atoms with Crippen LogP contribution in [0.2, 0.25) is 0 Å². The van der Waals surface area contributed by atoms with Crippen molar-refractivity contribution in [3.8, 4) is 0 Å². The van der Waals surface area contributed by atoms with Gasteiger partial charge in [-0.15, -0.1) is 11.3 Å². The Kier molecular flexibility index (Phi) is 11.1. The molecule has 0 spiro atoms. The summed E-state index contributed by atoms with van der Waals surface area (Å²) in [6.45, 7) is 7.23. The molecule has 0 saturated carbocycles. The molecule has 4 rings (SSSR count). The van der Waals surface area contributed by atoms with Gasteiger partial charge in [-0.2, -0.15) is 0 Å². The number of unbranched alkanes of at least 4 members (excludes halogenated alkanes) is 2. The predicted octanol–water partition coefficient (Wildman–Crippen LogP) is 4.56. The van der Waals surface area contributed by atoms with Gasteiger partial charge in [0.15, 0.2) is 0 Å². The summed E-state index contributed by atoms with van der Waals surface area (Å²) >= 11 is 1.38. The molecule has 0 bridgehead atoms. The summed E-state index contributed by atoms with van der Waals surface area (Å²) in [6.07, 6.45) is 4.77. The van der Waals surface area contributed by atoms with Gasteiger partial charge in [0.25, 0.3) is 0 Å². The average molecular weight is 545 g/mol. The molecule has 0 aliphatic carbocycles. The Balaban J connectivity index is 1.22. The lowest BCUT2D eigenvalue weighted by molar-refractivity contribution is -0.117. The van der Waals surface area contributed by atoms with Crippen molar-refractivity contribution in [1.29, 1.82) is 0 Å². The molecule has 1 aromatic heterocycles. The number of carbonyl (C=O) groups is 2. The summed E-state index contributed by atoms with van der Waals surface area (Å²) in [5, 5.41) is 10.4. The quantitative estimate of drug-likeness (QED) is 0.275. The third-order valence-corrected chi connectivity index (χ3v) is 8.16. The third kappa shape index (κ3) is 8.10. The number of nitrogens with zero attached hydrogens (tertiary/aromatic N) is 2. The topological polar surface area (TPSA) is 88.5 Å². The minimum absolute atomic E-state index is 0.0348. The molecule has 2 fully saturated rings. The fourth-order valence-corrected chi connectivity index (χ4v) is 5.73. The number of ether oxygens (including phenoxy) is 3. The van der Waals surface area contributed by atoms with Gasteiger partial charge in [0.1, 0.15) is 11.5 Å². The predicted molar refractivity (Wildman–Crippen MR) is 148 cm³/mol. The van der Waals surface area contributed by atoms with Gasteiger partial charge < -0.3 is 24.2 Å². The van der Waals surface area contributed by atoms with E-state index in [1.54, 1.807) is 6.07 Å². The third-order valence-electron chi connectivity index (χ3n) is 7.12. The number of morpholine rings is 1. The Morgan fingerprint density at radius 2 is 1.95 bits per heavy atom. The zero-order valence-corrected chi connectivity index (χ0v) is 23.1. The molecule has 1 aromatic carbocycles. The van der Waals surface area contributed by atoms with Crippen LogP contribution in [0.25, 0.3) is 0 Å². The highest BCUT2D eigenvalue weighted by atomic mass is 32.1. The van der Waals surface area contributed by atoms with Crippen LogP contribution < -0.4 is 4.90 Å². The van der Waals surface area contributed by atoms with Crippen LogP contribution in [0.1, 0.15) is 71.7 Å². The highest BCUT2D eigenvalue weighted by molar-refractivity contribution is 7.13. The number of hydrogen-bond acceptors (Lipinski definition) is 8. The van der Waals surface area contributed by atoms with Gasteiger partial charge >= 0.3 is 5.97 Å². The first-order valence-corrected chi connectivity index (χ1v) is 14.6. The number of esters is 1. The summed E-state index contributed by atoms with van der Waals surface area (Å²) in [4.78, 5) is 30.6. The van der Waals surface area contributed by atoms with Crippen molar-refractivity contribution in [3.05, 3.63) is 51.7 Å². The van der Waals surface area contributed by atoms with Crippen LogP contribution in [-0.4, -0.2) is 74.0 Å². The maximum atomic E-state index is 12.6. The van der Waals surface area contributed by atoms with E-state index in [1.807, 2.05) is 35.2 Å². The number of aliphatic hydroxyl groups excluding tert-OH is 1. The molecule has 3 heterocycles. The van der Waals surface area contributed by atoms with Crippen molar-refractivity contribution in [1.82, 2.24) is 4.90 Å². The van der Waals surface area contributed by atoms with Crippen LogP contribution in [0.3, 0.4) is 0 Å². The highest BCUT2D eigenvalue weighted by Gasteiger charge is 2.32. The normalized spacial score (nSPS) is 19.2. The maximum absolute atomic E-state index is 12.6. The van der Waals surface area contributed by atoms with Gasteiger partial charge in [-0.1, -0.05) is 38.3 Å². The van der Waals surface area contributed by atoms with Crippen molar-refractivity contribution in [2.75, 3.05) is 51.0 Å². The van der Waals surface area contributed by atoms with E-state index in [2.05, 4.69) is 11.8 Å². The number of thiophene rings is 1. The molecule has 2 atom stereocenters. The summed E-state index contributed by atoms with van der Waals surface area (Å²) in [5.41, 5.74) is 1.72. The second-order valence-corrected chi connectivity index (χ2v) is 11.1. The molecule has 1 N–H and O–H groups in total. The van der Waals surface area contributed by atoms with E-state index in [9.17, 15) is 14.7 Å². The SMILES string of the molecule is CCCCCC(O)c1ccc(N2C(=O)CC[C@@H]2COCc2ccc(C(=O)OCCN3CCOCC3)s2)cc1. The Labute approximate surface area is 229 Å². The molecular formula is C29H40N2O6S. The Morgan fingerprint density at radius 3 is 2.71 bits per heavy atom. The standard InChI is InChI=1S/C29H40N2O6S/c1-2-3-4-5-26(32)22-6-8-23(9-7-22)31-24(10-13-28(31)33)20-36-21-25-11-12-27(38-25)29(34)37-19-16-30-14-17-35-18-15-30/h6-9,11-12,24,26,32H,2-5,10,13-21H2,1H3/t24-,26?/m1/s1. The number of hydrogen-bond donors (Lipinski definition) is 1. The first kappa shape index (κ1) is 28.7. The van der Waals surface area contributed by atoms with Crippen molar-refractivity contribution in [2.45, 2.75) is 64.2 Å². The van der Waals surface area contributed by atoms with Gasteiger partial charge in [-0.05, 0) is 42.7 Å². The zero-order chi connectivity index (χ0) is 26.7. The van der Waals surface area contributed by atoms with Crippen molar-refractivity contribution in [3.63, 3.8) is 0 Å². The van der Waals surface area contributed by atoms with E-state index in [0.717, 1.165) is 81.1 Å². The molecule has 1 unspecified atom stereocenters. The van der Waals surface area contributed by atoms with Crippen LogP contribution in [-0.2, 0) is 25.6 Å². The monoisotopic (exact) mass is 544 g/mol. The second kappa shape index (κ2) is 14.7. The minimum Gasteiger partial charge on any atom is -0.460 e. The molecule has 2 saturated heterocycles. The van der Waals surface area contributed by atoms with E-state index in [0.29, 0.717) is 31.1 Å². The maximum Gasteiger partial charge on any atom is 0.348 e. The molecule has 38 heavy (non-hydrogen) atoms. The number of rotatable bonds is 14. The van der Waals surface area contributed by atoms with Gasteiger partial charge in [-0.3, -0.25) is 9.69 Å². The molecule has 2 aromatic rings. The molecule has 2 aliphatic rings. The van der Waals surface area contributed by atoms with Gasteiger partial charge in [0, 0.05) is 36.6 Å². The van der Waals surface area contributed by atoms with E-state index in [4.69, 9.17) is 14.2 Å². The Bertz CT molecular complexity index is 1020. The van der Waals surface area contributed by atoms with Crippen molar-refractivity contribution in [2.24, 2.45) is 0 Å². The molecule has 208 valence electrons. The summed E-state index contributed by atoms with van der Waals surface area (Å²) in [5.74, 6) is -0.214. The van der Waals surface area contributed by atoms with E-state index < -0.39 is 6.10 Å². The van der Waals surface area contributed by atoms with Crippen LogP contribution in [0.5, 0.6) is 0 Å². The molecule has 0 radical (unpaired) electrons. The number of aliphatic hydroxyl groups is 1. The Hall–Kier alpha value is -2.30. The molecule has 2 aliphatic heterocycles. The van der Waals surface area contributed by atoms with E-state index in [1.165, 1.54) is 11.3 Å². The lowest BCUT2D eigenvalue weighted by atomic mass is 10.0. The van der Waals surface area contributed by atoms with Crippen LogP contribution in [0.15, 0.2) is 36.4 Å². The highest BCUT2D eigenvalue weighted by Crippen LogP contribution is 2.29. The van der Waals surface area contributed by atoms with Crippen molar-refractivity contribution >= 4 is 28.9 Å². The lowest BCUT2D eigenvalue weighted by Gasteiger charge is -2.26. The fourth-order valence-electron chi connectivity index (χ4n) is 4.89.